The molecule has 0 aliphatic heterocycles. The predicted molar refractivity (Wildman–Crippen MR) is 569 cm³/mol. The van der Waals surface area contributed by atoms with E-state index in [0.717, 1.165) is 143 Å². The number of hydrogen-bond donors (Lipinski definition) is 2. The van der Waals surface area contributed by atoms with Gasteiger partial charge in [-0.1, -0.05) is 266 Å². The lowest BCUT2D eigenvalue weighted by atomic mass is 9.71. The van der Waals surface area contributed by atoms with Crippen molar-refractivity contribution in [2.24, 2.45) is 16.2 Å². The maximum absolute atomic E-state index is 12.8. The highest BCUT2D eigenvalue weighted by Crippen LogP contribution is 2.52. The smallest absolute Gasteiger partial charge is 0.188 e. The van der Waals surface area contributed by atoms with Crippen molar-refractivity contribution in [3.05, 3.63) is 303 Å². The maximum Gasteiger partial charge on any atom is 0.188 e. The fourth-order valence-electron chi connectivity index (χ4n) is 19.8. The van der Waals surface area contributed by atoms with Gasteiger partial charge in [0.1, 0.15) is 40.2 Å². The van der Waals surface area contributed by atoms with Crippen molar-refractivity contribution in [2.75, 3.05) is 40.3 Å². The van der Waals surface area contributed by atoms with Crippen LogP contribution in [0.3, 0.4) is 0 Å². The summed E-state index contributed by atoms with van der Waals surface area (Å²) in [5, 5.41) is 35.1. The lowest BCUT2D eigenvalue weighted by Gasteiger charge is -2.34. The van der Waals surface area contributed by atoms with E-state index in [1.54, 1.807) is 7.11 Å². The van der Waals surface area contributed by atoms with Crippen molar-refractivity contribution in [2.45, 2.75) is 180 Å². The summed E-state index contributed by atoms with van der Waals surface area (Å²) in [6.07, 6.45) is 4.23. The van der Waals surface area contributed by atoms with Gasteiger partial charge in [-0.05, 0) is 285 Å². The second kappa shape index (κ2) is 39.9. The molecule has 13 aromatic carbocycles. The van der Waals surface area contributed by atoms with Gasteiger partial charge >= 0.3 is 0 Å². The van der Waals surface area contributed by atoms with Gasteiger partial charge in [0, 0.05) is 94.6 Å². The first-order valence-electron chi connectivity index (χ1n) is 45.0. The van der Waals surface area contributed by atoms with Crippen molar-refractivity contribution >= 4 is 157 Å². The van der Waals surface area contributed by atoms with E-state index in [9.17, 15) is 10.2 Å². The molecule has 0 atom stereocenters. The Balaban J connectivity index is 0.000000207. The standard InChI is InChI=1S/C69H72Cl2N2O4.C28H33NO2.C17H16Cl2I2O2/c1-42-32-46(70)38-54(52-34-44(68(9,10)40-66(3,4)5)36-60(62(52)74)72-56-26-17-13-22-48(56)49-23-14-18-27-57(49)72)64(42)76-30-21-31-77-65-43(2)33-47(71)39-55(65)53-35-45(69(11,12)41-67(6,7)8)37-61(63(53)75)73-58-28-19-15-24-50(58)51-25-16-20-29-59(51)73;1-27(2,3)18-28(4,5)20-15-16-26(31-19-30-6)25(17-20)29-23-13-9-7-11-21(23)22-12-8-10-14-24(22)29;1-10-6-12(18)8-14(20)16(10)22-4-3-5-23-17-11(2)7-13(19)9-15(17)21/h13-20,22-29,32-39,74-75H,21,30-31,40-41H2,1-12H3;7-17H,18-19H2,1-6H3;6-9H,3-5H2,1-2H3. The summed E-state index contributed by atoms with van der Waals surface area (Å²) in [5.74, 6) is 4.18. The molecule has 16 aromatic rings. The fraction of sp³-hybridized carbons (Fsp3) is 0.316. The van der Waals surface area contributed by atoms with E-state index in [1.807, 2.05) is 76.2 Å². The second-order valence-corrected chi connectivity index (χ2v) is 44.4. The van der Waals surface area contributed by atoms with Crippen molar-refractivity contribution < 1.29 is 38.6 Å². The zero-order chi connectivity index (χ0) is 94.1. The van der Waals surface area contributed by atoms with Gasteiger partial charge in [-0.2, -0.15) is 0 Å². The van der Waals surface area contributed by atoms with Gasteiger partial charge in [-0.25, -0.2) is 0 Å². The molecular weight excluding hydrogens is 1930 g/mol. The van der Waals surface area contributed by atoms with E-state index in [0.29, 0.717) is 88.0 Å². The molecule has 0 saturated heterocycles. The molecule has 682 valence electrons. The van der Waals surface area contributed by atoms with Gasteiger partial charge in [-0.3, -0.25) is 0 Å². The first-order valence-corrected chi connectivity index (χ1v) is 48.7. The van der Waals surface area contributed by atoms with Crippen LogP contribution in [0, 0.1) is 51.1 Å². The molecule has 0 fully saturated rings. The third-order valence-corrected chi connectivity index (χ3v) is 26.7. The van der Waals surface area contributed by atoms with Crippen molar-refractivity contribution in [1.82, 2.24) is 13.7 Å². The zero-order valence-corrected chi connectivity index (χ0v) is 86.4. The van der Waals surface area contributed by atoms with E-state index >= 15 is 0 Å². The van der Waals surface area contributed by atoms with E-state index in [2.05, 4.69) is 351 Å². The molecule has 0 aliphatic rings. The number of nitrogens with zero attached hydrogens (tertiary/aromatic N) is 3. The Labute approximate surface area is 820 Å². The lowest BCUT2D eigenvalue weighted by Crippen LogP contribution is -2.25. The molecule has 0 unspecified atom stereocenters. The Morgan fingerprint density at radius 3 is 0.863 bits per heavy atom. The van der Waals surface area contributed by atoms with Crippen LogP contribution < -0.4 is 23.7 Å². The van der Waals surface area contributed by atoms with Gasteiger partial charge in [0.15, 0.2) is 6.79 Å². The highest BCUT2D eigenvalue weighted by molar-refractivity contribution is 14.1. The van der Waals surface area contributed by atoms with Crippen molar-refractivity contribution in [3.8, 4) is 79.6 Å². The van der Waals surface area contributed by atoms with Crippen LogP contribution in [-0.2, 0) is 21.0 Å². The third kappa shape index (κ3) is 21.9. The fourth-order valence-corrected chi connectivity index (χ4v) is 23.1. The van der Waals surface area contributed by atoms with Crippen LogP contribution in [0.4, 0.5) is 0 Å². The topological polar surface area (TPSA) is 111 Å². The Bertz CT molecular complexity index is 6400. The van der Waals surface area contributed by atoms with Crippen molar-refractivity contribution in [1.29, 1.82) is 0 Å². The number of halogens is 6. The summed E-state index contributed by atoms with van der Waals surface area (Å²) in [4.78, 5) is 0. The summed E-state index contributed by atoms with van der Waals surface area (Å²) < 4.78 is 45.4. The first-order chi connectivity index (χ1) is 62.0. The lowest BCUT2D eigenvalue weighted by molar-refractivity contribution is 0.0511. The van der Waals surface area contributed by atoms with Crippen LogP contribution >= 0.6 is 91.6 Å². The number of aromatic hydroxyl groups is 2. The molecule has 3 heterocycles. The minimum Gasteiger partial charge on any atom is -0.505 e. The van der Waals surface area contributed by atoms with Crippen LogP contribution in [0.15, 0.2) is 237 Å². The first kappa shape index (κ1) is 97.5. The van der Waals surface area contributed by atoms with Crippen molar-refractivity contribution in [3.63, 3.8) is 0 Å². The summed E-state index contributed by atoms with van der Waals surface area (Å²) >= 11 is 30.4. The molecule has 0 saturated carbocycles. The number of benzene rings is 13. The summed E-state index contributed by atoms with van der Waals surface area (Å²) in [6, 6.07) is 81.1. The minimum atomic E-state index is -0.272. The van der Waals surface area contributed by atoms with Crippen LogP contribution in [-0.4, -0.2) is 64.2 Å². The van der Waals surface area contributed by atoms with E-state index in [4.69, 9.17) is 74.8 Å². The third-order valence-electron chi connectivity index (χ3n) is 24.2. The summed E-state index contributed by atoms with van der Waals surface area (Å²) in [6.45, 7) is 44.4. The Morgan fingerprint density at radius 2 is 0.565 bits per heavy atom. The zero-order valence-electron chi connectivity index (χ0n) is 79.0. The van der Waals surface area contributed by atoms with E-state index < -0.39 is 0 Å². The minimum absolute atomic E-state index is 0.0333. The number of rotatable bonds is 26. The SMILES string of the molecule is COCOc1ccc(C(C)(C)CC(C)(C)C)cc1-n1c2ccccc2c2ccccc21.Cc1cc(Cl)cc(-c2cc(C(C)(C)CC(C)(C)C)cc(-n3c4ccccc4c4ccccc43)c2O)c1OCCCOc1c(C)cc(Cl)cc1-c1cc(C(C)(C)CC(C)(C)C)cc(-n2c3ccccc3c3ccccc32)c1O.Cc1cc(Cl)cc(I)c1OCCCOc1c(C)cc(Cl)cc1I. The molecule has 2 N–H and O–H groups in total. The second-order valence-electron chi connectivity index (χ2n) is 40.4. The van der Waals surface area contributed by atoms with E-state index in [1.165, 1.54) is 27.4 Å². The van der Waals surface area contributed by atoms with Crippen LogP contribution in [0.25, 0.3) is 105 Å². The quantitative estimate of drug-likeness (QED) is 0.0313. The number of aryl methyl sites for hydroxylation is 4. The normalized spacial score (nSPS) is 12.3. The van der Waals surface area contributed by atoms with Gasteiger partial charge < -0.3 is 52.3 Å². The van der Waals surface area contributed by atoms with Crippen LogP contribution in [0.5, 0.6) is 40.2 Å². The van der Waals surface area contributed by atoms with Gasteiger partial charge in [0.25, 0.3) is 0 Å². The van der Waals surface area contributed by atoms with E-state index in [-0.39, 0.29) is 50.8 Å². The number of phenols is 2. The number of methoxy groups -OCH3 is 1. The molecule has 17 heteroatoms. The number of fused-ring (bicyclic) bond motifs is 9. The Hall–Kier alpha value is -9.56. The van der Waals surface area contributed by atoms with Crippen LogP contribution in [0.2, 0.25) is 20.1 Å². The number of ether oxygens (including phenoxy) is 6. The molecule has 0 radical (unpaired) electrons. The molecule has 11 nitrogen and oxygen atoms in total. The molecule has 0 spiro atoms. The summed E-state index contributed by atoms with van der Waals surface area (Å²) in [7, 11) is 1.65. The number of para-hydroxylation sites is 6. The van der Waals surface area contributed by atoms with Gasteiger partial charge in [0.2, 0.25) is 0 Å². The average Bonchev–Trinajstić information content (AvgIpc) is 1.65. The van der Waals surface area contributed by atoms with Crippen LogP contribution in [0.1, 0.15) is 175 Å². The molecule has 131 heavy (non-hydrogen) atoms. The Morgan fingerprint density at radius 1 is 0.298 bits per heavy atom. The molecule has 3 aromatic heterocycles. The highest BCUT2D eigenvalue weighted by atomic mass is 127. The van der Waals surface area contributed by atoms with Gasteiger partial charge in [0.05, 0.1) is 83.7 Å². The summed E-state index contributed by atoms with van der Waals surface area (Å²) in [5.41, 5.74) is 18.6. The molecular formula is C114H121Cl4I2N3O8. The largest absolute Gasteiger partial charge is 0.505 e. The Kier molecular flexibility index (Phi) is 29.7. The average molecular weight is 2060 g/mol. The monoisotopic (exact) mass is 2050 g/mol. The number of hydrogen-bond acceptors (Lipinski definition) is 8. The van der Waals surface area contributed by atoms with Gasteiger partial charge in [-0.15, -0.1) is 0 Å². The highest BCUT2D eigenvalue weighted by Gasteiger charge is 2.35. The molecule has 16 rings (SSSR count). The molecule has 0 aliphatic carbocycles. The maximum atomic E-state index is 12.8. The molecule has 0 amide bonds. The predicted octanol–water partition coefficient (Wildman–Crippen LogP) is 34.0. The molecule has 0 bridgehead atoms. The number of aromatic nitrogens is 3. The number of phenolic OH excluding ortho intramolecular Hbond substituents is 2.